The van der Waals surface area contributed by atoms with E-state index in [-0.39, 0.29) is 23.1 Å². The molecule has 0 atom stereocenters. The molecule has 3 aromatic rings. The molecule has 0 spiro atoms. The van der Waals surface area contributed by atoms with Gasteiger partial charge in [-0.15, -0.1) is 5.12 Å². The van der Waals surface area contributed by atoms with Crippen LogP contribution < -0.4 is 0 Å². The normalized spacial score (nSPS) is 11.3. The molecular formula is C18H14F4N4O3. The van der Waals surface area contributed by atoms with E-state index in [1.54, 1.807) is 12.3 Å². The molecule has 0 saturated heterocycles. The van der Waals surface area contributed by atoms with Crippen LogP contribution in [0.2, 0.25) is 0 Å². The molecule has 2 aromatic heterocycles. The molecule has 0 saturated carbocycles. The largest absolute Gasteiger partial charge is 0.471 e. The number of rotatable bonds is 5. The summed E-state index contributed by atoms with van der Waals surface area (Å²) >= 11 is 0. The Labute approximate surface area is 161 Å². The summed E-state index contributed by atoms with van der Waals surface area (Å²) in [5.74, 6) is -1.72. The maximum atomic E-state index is 14.0. The van der Waals surface area contributed by atoms with Crippen molar-refractivity contribution < 1.29 is 31.7 Å². The van der Waals surface area contributed by atoms with Crippen LogP contribution in [-0.2, 0) is 24.1 Å². The van der Waals surface area contributed by atoms with E-state index in [2.05, 4.69) is 19.6 Å². The van der Waals surface area contributed by atoms with Gasteiger partial charge in [0.05, 0.1) is 6.54 Å². The number of carbonyl (C=O) groups excluding carboxylic acids is 1. The molecule has 152 valence electrons. The molecular weight excluding hydrogens is 396 g/mol. The average molecular weight is 410 g/mol. The molecule has 7 nitrogen and oxygen atoms in total. The fourth-order valence-corrected chi connectivity index (χ4v) is 2.35. The van der Waals surface area contributed by atoms with Crippen molar-refractivity contribution in [1.82, 2.24) is 20.2 Å². The van der Waals surface area contributed by atoms with Crippen LogP contribution in [0.4, 0.5) is 22.4 Å². The molecule has 0 unspecified atom stereocenters. The highest BCUT2D eigenvalue weighted by Gasteiger charge is 2.38. The molecule has 1 aromatic carbocycles. The van der Waals surface area contributed by atoms with Crippen molar-refractivity contribution in [1.29, 1.82) is 0 Å². The summed E-state index contributed by atoms with van der Waals surface area (Å²) in [5.41, 5.74) is 2.12. The van der Waals surface area contributed by atoms with Crippen LogP contribution in [0, 0.1) is 6.92 Å². The molecule has 0 aliphatic carbocycles. The average Bonchev–Trinajstić information content (AvgIpc) is 3.17. The molecule has 0 aliphatic heterocycles. The number of halogens is 4. The summed E-state index contributed by atoms with van der Waals surface area (Å²) < 4.78 is 60.5. The lowest BCUT2D eigenvalue weighted by Crippen LogP contribution is -2.23. The van der Waals surface area contributed by atoms with E-state index in [0.717, 1.165) is 5.56 Å². The first-order valence-corrected chi connectivity index (χ1v) is 8.23. The molecule has 0 fully saturated rings. The maximum Gasteiger partial charge on any atom is 0.471 e. The summed E-state index contributed by atoms with van der Waals surface area (Å²) in [5, 5.41) is 3.14. The summed E-state index contributed by atoms with van der Waals surface area (Å²) in [6, 6.07) is 7.37. The van der Waals surface area contributed by atoms with Crippen LogP contribution >= 0.6 is 0 Å². The minimum absolute atomic E-state index is 0.117. The lowest BCUT2D eigenvalue weighted by molar-refractivity contribution is -0.159. The van der Waals surface area contributed by atoms with Crippen LogP contribution in [0.5, 0.6) is 0 Å². The third kappa shape index (κ3) is 5.27. The van der Waals surface area contributed by atoms with Gasteiger partial charge in [-0.2, -0.15) is 18.2 Å². The zero-order valence-corrected chi connectivity index (χ0v) is 15.0. The number of hydrogen-bond donors (Lipinski definition) is 0. The van der Waals surface area contributed by atoms with Crippen molar-refractivity contribution >= 4 is 6.09 Å². The van der Waals surface area contributed by atoms with Gasteiger partial charge >= 0.3 is 18.2 Å². The number of alkyl halides is 3. The Bertz CT molecular complexity index is 989. The van der Waals surface area contributed by atoms with E-state index in [1.165, 1.54) is 30.5 Å². The predicted molar refractivity (Wildman–Crippen MR) is 90.5 cm³/mol. The number of benzene rings is 1. The molecule has 0 bridgehead atoms. The molecule has 0 aliphatic rings. The SMILES string of the molecule is Cc1cncc(COC(=O)N(F)Cc2ccc(-c3noc(C(F)(F)F)n3)cc2)c1. The predicted octanol–water partition coefficient (Wildman–Crippen LogP) is 4.48. The van der Waals surface area contributed by atoms with E-state index in [9.17, 15) is 22.4 Å². The summed E-state index contributed by atoms with van der Waals surface area (Å²) in [7, 11) is 0. The molecule has 2 heterocycles. The summed E-state index contributed by atoms with van der Waals surface area (Å²) in [4.78, 5) is 19.0. The number of aromatic nitrogens is 3. The van der Waals surface area contributed by atoms with E-state index in [0.29, 0.717) is 11.1 Å². The van der Waals surface area contributed by atoms with Crippen LogP contribution in [0.15, 0.2) is 47.2 Å². The van der Waals surface area contributed by atoms with Gasteiger partial charge in [-0.05, 0) is 24.1 Å². The molecule has 29 heavy (non-hydrogen) atoms. The highest BCUT2D eigenvalue weighted by atomic mass is 19.4. The number of carbonyl (C=O) groups is 1. The van der Waals surface area contributed by atoms with Gasteiger partial charge in [0.1, 0.15) is 6.61 Å². The van der Waals surface area contributed by atoms with Crippen molar-refractivity contribution in [2.24, 2.45) is 0 Å². The highest BCUT2D eigenvalue weighted by molar-refractivity contribution is 5.66. The zero-order chi connectivity index (χ0) is 21.0. The van der Waals surface area contributed by atoms with Gasteiger partial charge in [-0.1, -0.05) is 33.9 Å². The van der Waals surface area contributed by atoms with Gasteiger partial charge in [0.2, 0.25) is 5.82 Å². The third-order valence-corrected chi connectivity index (χ3v) is 3.69. The van der Waals surface area contributed by atoms with Gasteiger partial charge in [0.15, 0.2) is 0 Å². The van der Waals surface area contributed by atoms with E-state index >= 15 is 0 Å². The highest BCUT2D eigenvalue weighted by Crippen LogP contribution is 2.29. The van der Waals surface area contributed by atoms with Gasteiger partial charge in [0.25, 0.3) is 0 Å². The van der Waals surface area contributed by atoms with E-state index in [1.807, 2.05) is 6.92 Å². The number of aryl methyl sites for hydroxylation is 1. The second-order valence-corrected chi connectivity index (χ2v) is 6.06. The first kappa shape index (κ1) is 20.2. The number of nitrogens with zero attached hydrogens (tertiary/aromatic N) is 4. The van der Waals surface area contributed by atoms with E-state index in [4.69, 9.17) is 4.74 Å². The quantitative estimate of drug-likeness (QED) is 0.456. The Morgan fingerprint density at radius 3 is 2.52 bits per heavy atom. The molecule has 0 radical (unpaired) electrons. The minimum atomic E-state index is -4.74. The van der Waals surface area contributed by atoms with Crippen LogP contribution in [0.1, 0.15) is 22.6 Å². The lowest BCUT2D eigenvalue weighted by atomic mass is 10.1. The molecule has 1 amide bonds. The topological polar surface area (TPSA) is 81.4 Å². The Morgan fingerprint density at radius 1 is 1.17 bits per heavy atom. The monoisotopic (exact) mass is 410 g/mol. The Hall–Kier alpha value is -3.50. The van der Waals surface area contributed by atoms with Crippen molar-refractivity contribution in [2.75, 3.05) is 0 Å². The smallest absolute Gasteiger partial charge is 0.443 e. The van der Waals surface area contributed by atoms with Crippen LogP contribution in [0.3, 0.4) is 0 Å². The first-order chi connectivity index (χ1) is 13.7. The van der Waals surface area contributed by atoms with Gasteiger partial charge in [-0.25, -0.2) is 4.79 Å². The number of pyridine rings is 1. The molecule has 0 N–H and O–H groups in total. The summed E-state index contributed by atoms with van der Waals surface area (Å²) in [6.45, 7) is 1.28. The fraction of sp³-hybridized carbons (Fsp3) is 0.222. The van der Waals surface area contributed by atoms with Crippen LogP contribution in [-0.4, -0.2) is 26.3 Å². The second-order valence-electron chi connectivity index (χ2n) is 6.06. The number of hydrogen-bond acceptors (Lipinski definition) is 6. The standard InChI is InChI=1S/C18H14F4N4O3/c1-11-6-13(8-23-7-11)10-28-17(27)26(22)9-12-2-4-14(5-3-12)15-24-16(29-25-15)18(19,20)21/h2-8H,9-10H2,1H3. The van der Waals surface area contributed by atoms with Crippen molar-refractivity contribution in [2.45, 2.75) is 26.3 Å². The van der Waals surface area contributed by atoms with Crippen molar-refractivity contribution in [3.8, 4) is 11.4 Å². The Kier molecular flexibility index (Phi) is 5.76. The number of amides is 1. The van der Waals surface area contributed by atoms with Crippen LogP contribution in [0.25, 0.3) is 11.4 Å². The third-order valence-electron chi connectivity index (χ3n) is 3.69. The Balaban J connectivity index is 1.57. The first-order valence-electron chi connectivity index (χ1n) is 8.23. The zero-order valence-electron chi connectivity index (χ0n) is 15.0. The van der Waals surface area contributed by atoms with Crippen molar-refractivity contribution in [3.05, 3.63) is 65.3 Å². The van der Waals surface area contributed by atoms with Gasteiger partial charge in [-0.3, -0.25) is 4.98 Å². The molecule has 11 heteroatoms. The Morgan fingerprint density at radius 2 is 1.90 bits per heavy atom. The molecule has 3 rings (SSSR count). The van der Waals surface area contributed by atoms with Crippen molar-refractivity contribution in [3.63, 3.8) is 0 Å². The summed E-state index contributed by atoms with van der Waals surface area (Å²) in [6.07, 6.45) is -2.78. The lowest BCUT2D eigenvalue weighted by Gasteiger charge is -2.12. The minimum Gasteiger partial charge on any atom is -0.443 e. The van der Waals surface area contributed by atoms with Gasteiger partial charge in [0, 0.05) is 23.5 Å². The van der Waals surface area contributed by atoms with E-state index < -0.39 is 24.7 Å². The second kappa shape index (κ2) is 8.25. The fourth-order valence-electron chi connectivity index (χ4n) is 2.35. The van der Waals surface area contributed by atoms with Gasteiger partial charge < -0.3 is 9.26 Å². The maximum absolute atomic E-state index is 14.0. The number of ether oxygens (including phenoxy) is 1.